The van der Waals surface area contributed by atoms with Gasteiger partial charge in [0.1, 0.15) is 63.6 Å². The van der Waals surface area contributed by atoms with Gasteiger partial charge >= 0.3 is 0 Å². The van der Waals surface area contributed by atoms with Gasteiger partial charge in [0.2, 0.25) is 0 Å². The van der Waals surface area contributed by atoms with Gasteiger partial charge in [-0.05, 0) is 35.4 Å². The number of Topliss-reactive ketones (excluding diaryl/α,β-unsaturated/α-hetero) is 2. The van der Waals surface area contributed by atoms with Crippen LogP contribution >= 0.6 is 0 Å². The molecule has 3 unspecified atom stereocenters. The van der Waals surface area contributed by atoms with Crippen molar-refractivity contribution in [1.82, 2.24) is 0 Å². The Labute approximate surface area is 231 Å². The molecule has 2 aliphatic rings. The first-order chi connectivity index (χ1) is 19.5. The fourth-order valence-electron chi connectivity index (χ4n) is 5.35. The monoisotopic (exact) mass is 558 g/mol. The summed E-state index contributed by atoms with van der Waals surface area (Å²) in [5.74, 6) is -6.49. The number of carbonyl (C=O) groups is 2. The Morgan fingerprint density at radius 2 is 1.29 bits per heavy atom. The number of rotatable bonds is 3. The van der Waals surface area contributed by atoms with E-state index in [9.17, 15) is 45.3 Å². The molecule has 0 saturated heterocycles. The highest BCUT2D eigenvalue weighted by Gasteiger charge is 2.46. The summed E-state index contributed by atoms with van der Waals surface area (Å²) in [4.78, 5) is 27.4. The van der Waals surface area contributed by atoms with E-state index in [0.29, 0.717) is 5.56 Å². The van der Waals surface area contributed by atoms with Crippen LogP contribution in [-0.4, -0.2) is 47.3 Å². The van der Waals surface area contributed by atoms with Crippen LogP contribution in [0.4, 0.5) is 0 Å². The summed E-state index contributed by atoms with van der Waals surface area (Å²) in [5.41, 5.74) is -0.152. The third-order valence-corrected chi connectivity index (χ3v) is 7.24. The summed E-state index contributed by atoms with van der Waals surface area (Å²) >= 11 is 0. The number of aromatic hydroxyl groups is 7. The molecule has 0 aromatic heterocycles. The van der Waals surface area contributed by atoms with Crippen LogP contribution in [0.3, 0.4) is 0 Å². The fourth-order valence-corrected chi connectivity index (χ4v) is 5.35. The zero-order valence-corrected chi connectivity index (χ0v) is 21.0. The summed E-state index contributed by atoms with van der Waals surface area (Å²) < 4.78 is 12.2. The fraction of sp³-hybridized carbons (Fsp3) is 0.133. The summed E-state index contributed by atoms with van der Waals surface area (Å²) in [6, 6.07) is 12.5. The lowest BCUT2D eigenvalue weighted by Gasteiger charge is -2.36. The molecule has 2 heterocycles. The molecule has 0 saturated carbocycles. The third-order valence-electron chi connectivity index (χ3n) is 7.24. The van der Waals surface area contributed by atoms with Crippen molar-refractivity contribution in [2.75, 3.05) is 0 Å². The Kier molecular flexibility index (Phi) is 5.80. The number of ketones is 2. The number of benzene rings is 4. The van der Waals surface area contributed by atoms with Crippen molar-refractivity contribution in [3.8, 4) is 51.7 Å². The van der Waals surface area contributed by atoms with E-state index < -0.39 is 64.2 Å². The molecule has 0 amide bonds. The Balaban J connectivity index is 1.58. The summed E-state index contributed by atoms with van der Waals surface area (Å²) in [6.07, 6.45) is -2.44. The second-order valence-electron chi connectivity index (χ2n) is 9.82. The quantitative estimate of drug-likeness (QED) is 0.176. The number of phenols is 7. The van der Waals surface area contributed by atoms with E-state index in [0.717, 1.165) is 30.3 Å². The first-order valence-corrected chi connectivity index (χ1v) is 12.4. The third kappa shape index (κ3) is 4.15. The van der Waals surface area contributed by atoms with E-state index in [1.165, 1.54) is 30.3 Å². The van der Waals surface area contributed by atoms with Gasteiger partial charge in [0, 0.05) is 18.2 Å². The first kappa shape index (κ1) is 25.7. The van der Waals surface area contributed by atoms with Crippen LogP contribution in [0.1, 0.15) is 62.0 Å². The molecule has 0 spiro atoms. The number of fused-ring (bicyclic) bond motifs is 2. The van der Waals surface area contributed by atoms with Crippen molar-refractivity contribution >= 4 is 11.6 Å². The second-order valence-corrected chi connectivity index (χ2v) is 9.82. The number of ether oxygens (including phenoxy) is 2. The molecule has 0 fully saturated rings. The van der Waals surface area contributed by atoms with E-state index in [4.69, 9.17) is 9.47 Å². The number of hydrogen-bond acceptors (Lipinski definition) is 11. The summed E-state index contributed by atoms with van der Waals surface area (Å²) in [6.45, 7) is 0. The average Bonchev–Trinajstić information content (AvgIpc) is 2.90. The van der Waals surface area contributed by atoms with Crippen molar-refractivity contribution in [3.05, 3.63) is 88.5 Å². The van der Waals surface area contributed by atoms with Crippen LogP contribution in [0, 0.1) is 0 Å². The van der Waals surface area contributed by atoms with Crippen molar-refractivity contribution in [2.24, 2.45) is 0 Å². The van der Waals surface area contributed by atoms with Crippen LogP contribution in [0.2, 0.25) is 0 Å². The molecule has 41 heavy (non-hydrogen) atoms. The molecule has 0 radical (unpaired) electrons. The lowest BCUT2D eigenvalue weighted by atomic mass is 9.78. The Bertz CT molecular complexity index is 1740. The molecule has 0 bridgehead atoms. The predicted molar refractivity (Wildman–Crippen MR) is 140 cm³/mol. The average molecular weight is 558 g/mol. The minimum atomic E-state index is -1.51. The molecule has 11 nitrogen and oxygen atoms in total. The maximum Gasteiger partial charge on any atom is 0.182 e. The Hall–Kier alpha value is -5.58. The van der Waals surface area contributed by atoms with Gasteiger partial charge < -0.3 is 45.2 Å². The van der Waals surface area contributed by atoms with E-state index >= 15 is 0 Å². The second kappa shape index (κ2) is 9.26. The van der Waals surface area contributed by atoms with Gasteiger partial charge in [0.15, 0.2) is 23.1 Å². The molecule has 7 N–H and O–H groups in total. The van der Waals surface area contributed by atoms with Crippen molar-refractivity contribution in [1.29, 1.82) is 0 Å². The minimum absolute atomic E-state index is 0.0123. The first-order valence-electron chi connectivity index (χ1n) is 12.4. The van der Waals surface area contributed by atoms with Gasteiger partial charge in [-0.3, -0.25) is 9.59 Å². The normalized spacial score (nSPS) is 19.6. The van der Waals surface area contributed by atoms with Gasteiger partial charge in [-0.15, -0.1) is 0 Å². The van der Waals surface area contributed by atoms with Gasteiger partial charge in [0.05, 0.1) is 17.9 Å². The molecule has 11 heteroatoms. The lowest BCUT2D eigenvalue weighted by Crippen LogP contribution is -2.32. The van der Waals surface area contributed by atoms with Crippen molar-refractivity contribution < 1.29 is 54.8 Å². The van der Waals surface area contributed by atoms with Crippen LogP contribution in [0.15, 0.2) is 60.7 Å². The van der Waals surface area contributed by atoms with Crippen molar-refractivity contribution in [2.45, 2.75) is 24.5 Å². The molecule has 6 rings (SSSR count). The van der Waals surface area contributed by atoms with E-state index in [-0.39, 0.29) is 45.9 Å². The highest BCUT2D eigenvalue weighted by atomic mass is 16.5. The van der Waals surface area contributed by atoms with Gasteiger partial charge in [-0.25, -0.2) is 0 Å². The zero-order chi connectivity index (χ0) is 29.2. The molecule has 0 aliphatic carbocycles. The van der Waals surface area contributed by atoms with E-state index in [1.54, 1.807) is 0 Å². The smallest absolute Gasteiger partial charge is 0.182 e. The van der Waals surface area contributed by atoms with Crippen molar-refractivity contribution in [3.63, 3.8) is 0 Å². The maximum atomic E-state index is 14.1. The largest absolute Gasteiger partial charge is 0.508 e. The minimum Gasteiger partial charge on any atom is -0.508 e. The molecule has 2 aliphatic heterocycles. The Morgan fingerprint density at radius 3 is 2.00 bits per heavy atom. The number of phenolic OH excluding ortho intramolecular Hbond substituents is 7. The van der Waals surface area contributed by atoms with Gasteiger partial charge in [0.25, 0.3) is 0 Å². The molecule has 3 atom stereocenters. The topological polar surface area (TPSA) is 194 Å². The van der Waals surface area contributed by atoms with Crippen LogP contribution in [0.25, 0.3) is 0 Å². The molecular formula is C30H22O11. The van der Waals surface area contributed by atoms with E-state index in [1.807, 2.05) is 0 Å². The van der Waals surface area contributed by atoms with Gasteiger partial charge in [-0.1, -0.05) is 18.2 Å². The summed E-state index contributed by atoms with van der Waals surface area (Å²) in [7, 11) is 0. The standard InChI is InChI=1S/C30H22O11/c31-14-4-1-12(2-5-14)22-11-21(38)24-19(36)10-20(37)26(30(24)40-22)27-28(39)25-18(35)8-15(32)9-23(25)41-29(27)13-3-6-16(33)17(34)7-13/h1-10,22,27,29,31-37H,11H2. The van der Waals surface area contributed by atoms with Gasteiger partial charge in [-0.2, -0.15) is 0 Å². The SMILES string of the molecule is O=C1CC(c2ccc(O)cc2)Oc2c1c(O)cc(O)c2C1C(=O)c2c(O)cc(O)cc2OC1c1ccc(O)c(O)c1. The highest BCUT2D eigenvalue weighted by molar-refractivity contribution is 6.09. The van der Waals surface area contributed by atoms with E-state index in [2.05, 4.69) is 0 Å². The van der Waals surface area contributed by atoms with Crippen LogP contribution < -0.4 is 9.47 Å². The highest BCUT2D eigenvalue weighted by Crippen LogP contribution is 2.55. The zero-order valence-electron chi connectivity index (χ0n) is 21.0. The molecule has 4 aromatic rings. The predicted octanol–water partition coefficient (Wildman–Crippen LogP) is 4.43. The summed E-state index contributed by atoms with van der Waals surface area (Å²) in [5, 5.41) is 72.1. The maximum absolute atomic E-state index is 14.1. The Morgan fingerprint density at radius 1 is 0.610 bits per heavy atom. The lowest BCUT2D eigenvalue weighted by molar-refractivity contribution is 0.0738. The number of carbonyl (C=O) groups excluding carboxylic acids is 2. The molecule has 4 aromatic carbocycles. The number of hydrogen-bond donors (Lipinski definition) is 7. The molecular weight excluding hydrogens is 536 g/mol. The van der Waals surface area contributed by atoms with Crippen LogP contribution in [-0.2, 0) is 0 Å². The van der Waals surface area contributed by atoms with Crippen LogP contribution in [0.5, 0.6) is 51.7 Å². The molecule has 208 valence electrons.